The van der Waals surface area contributed by atoms with Crippen molar-refractivity contribution in [2.75, 3.05) is 0 Å². The van der Waals surface area contributed by atoms with Gasteiger partial charge in [0.25, 0.3) is 0 Å². The molecule has 0 aromatic carbocycles. The van der Waals surface area contributed by atoms with Crippen LogP contribution < -0.4 is 0 Å². The van der Waals surface area contributed by atoms with E-state index in [1.54, 1.807) is 41.5 Å². The van der Waals surface area contributed by atoms with Crippen molar-refractivity contribution < 1.29 is 34.1 Å². The third-order valence-corrected chi connectivity index (χ3v) is 5.53. The fraction of sp³-hybridized carbons (Fsp3) is 0.864. The number of ether oxygens (including phenoxy) is 2. The second-order valence-corrected chi connectivity index (χ2v) is 9.96. The summed E-state index contributed by atoms with van der Waals surface area (Å²) in [4.78, 5) is 37.8. The van der Waals surface area contributed by atoms with Crippen LogP contribution in [-0.4, -0.2) is 45.9 Å². The highest BCUT2D eigenvalue weighted by Gasteiger charge is 2.63. The Labute approximate surface area is 175 Å². The minimum absolute atomic E-state index is 0.182. The van der Waals surface area contributed by atoms with Gasteiger partial charge in [-0.3, -0.25) is 14.4 Å². The van der Waals surface area contributed by atoms with Crippen LogP contribution in [0.15, 0.2) is 0 Å². The van der Waals surface area contributed by atoms with Crippen LogP contribution in [0.25, 0.3) is 0 Å². The lowest BCUT2D eigenvalue weighted by atomic mass is 9.63. The number of hydrogen-bond acceptors (Lipinski definition) is 7. The van der Waals surface area contributed by atoms with Crippen LogP contribution in [0.5, 0.6) is 0 Å². The Balaban J connectivity index is 6.62. The van der Waals surface area contributed by atoms with E-state index in [2.05, 4.69) is 0 Å². The van der Waals surface area contributed by atoms with Crippen molar-refractivity contribution in [1.82, 2.24) is 0 Å². The molecule has 0 saturated heterocycles. The van der Waals surface area contributed by atoms with E-state index in [4.69, 9.17) is 9.47 Å². The molecule has 0 radical (unpaired) electrons. The third-order valence-electron chi connectivity index (χ3n) is 5.53. The highest BCUT2D eigenvalue weighted by atomic mass is 16.7. The number of rotatable bonds is 10. The number of carbonyl (C=O) groups excluding carboxylic acids is 3. The van der Waals surface area contributed by atoms with Gasteiger partial charge in [-0.15, -0.1) is 0 Å². The fourth-order valence-electron chi connectivity index (χ4n) is 3.53. The van der Waals surface area contributed by atoms with Crippen molar-refractivity contribution in [2.45, 2.75) is 94.2 Å². The zero-order chi connectivity index (χ0) is 23.5. The van der Waals surface area contributed by atoms with Gasteiger partial charge in [-0.1, -0.05) is 55.4 Å². The Bertz CT molecular complexity index is 580. The Morgan fingerprint density at radius 3 is 1.34 bits per heavy atom. The van der Waals surface area contributed by atoms with E-state index in [0.29, 0.717) is 0 Å². The van der Waals surface area contributed by atoms with Crippen LogP contribution in [-0.2, 0) is 23.9 Å². The van der Waals surface area contributed by atoms with Crippen LogP contribution in [0.3, 0.4) is 0 Å². The van der Waals surface area contributed by atoms with Gasteiger partial charge in [-0.25, -0.2) is 0 Å². The van der Waals surface area contributed by atoms with Crippen molar-refractivity contribution in [1.29, 1.82) is 0 Å². The van der Waals surface area contributed by atoms with E-state index in [-0.39, 0.29) is 5.92 Å². The molecule has 2 unspecified atom stereocenters. The molecule has 0 aromatic rings. The van der Waals surface area contributed by atoms with Crippen molar-refractivity contribution in [2.24, 2.45) is 28.6 Å². The summed E-state index contributed by atoms with van der Waals surface area (Å²) in [6.07, 6.45) is -2.29. The predicted molar refractivity (Wildman–Crippen MR) is 110 cm³/mol. The molecular weight excluding hydrogens is 376 g/mol. The van der Waals surface area contributed by atoms with Crippen LogP contribution in [0.2, 0.25) is 0 Å². The average molecular weight is 417 g/mol. The van der Waals surface area contributed by atoms with Gasteiger partial charge in [0.1, 0.15) is 0 Å². The Kier molecular flexibility index (Phi) is 9.08. The number of ketones is 1. The number of Topliss-reactive ketones (excluding diaryl/α,β-unsaturated/α-hetero) is 1. The molecule has 0 rings (SSSR count). The van der Waals surface area contributed by atoms with Crippen LogP contribution >= 0.6 is 0 Å². The molecule has 0 bridgehead atoms. The second-order valence-electron chi connectivity index (χ2n) is 9.96. The first-order chi connectivity index (χ1) is 12.9. The molecule has 0 aliphatic heterocycles. The largest absolute Gasteiger partial charge is 0.414 e. The number of esters is 2. The first-order valence-electron chi connectivity index (χ1n) is 10.2. The van der Waals surface area contributed by atoms with Crippen LogP contribution in [0, 0.1) is 28.6 Å². The molecule has 2 N–H and O–H groups in total. The maximum Gasteiger partial charge on any atom is 0.323 e. The zero-order valence-electron chi connectivity index (χ0n) is 19.8. The topological polar surface area (TPSA) is 110 Å². The molecular formula is C22H40O7. The number of carbonyl (C=O) groups is 3. The van der Waals surface area contributed by atoms with Crippen LogP contribution in [0.4, 0.5) is 0 Å². The molecule has 29 heavy (non-hydrogen) atoms. The maximum absolute atomic E-state index is 12.8. The molecule has 2 atom stereocenters. The van der Waals surface area contributed by atoms with Crippen LogP contribution in [0.1, 0.15) is 76.2 Å². The Morgan fingerprint density at radius 1 is 0.759 bits per heavy atom. The second kappa shape index (κ2) is 9.56. The lowest BCUT2D eigenvalue weighted by Crippen LogP contribution is -2.65. The van der Waals surface area contributed by atoms with Gasteiger partial charge < -0.3 is 19.7 Å². The Morgan fingerprint density at radius 2 is 1.10 bits per heavy atom. The van der Waals surface area contributed by atoms with E-state index >= 15 is 0 Å². The number of aliphatic hydroxyl groups excluding tert-OH is 2. The summed E-state index contributed by atoms with van der Waals surface area (Å²) in [7, 11) is 0. The quantitative estimate of drug-likeness (QED) is 0.416. The molecule has 0 heterocycles. The van der Waals surface area contributed by atoms with Crippen molar-refractivity contribution >= 4 is 17.7 Å². The highest BCUT2D eigenvalue weighted by molar-refractivity contribution is 5.90. The summed E-state index contributed by atoms with van der Waals surface area (Å²) in [6.45, 7) is 17.4. The highest BCUT2D eigenvalue weighted by Crippen LogP contribution is 2.48. The summed E-state index contributed by atoms with van der Waals surface area (Å²) in [6, 6.07) is 0. The number of aliphatic hydroxyl groups is 2. The predicted octanol–water partition coefficient (Wildman–Crippen LogP) is 3.10. The summed E-state index contributed by atoms with van der Waals surface area (Å²) < 4.78 is 11.1. The van der Waals surface area contributed by atoms with Gasteiger partial charge >= 0.3 is 17.7 Å². The third kappa shape index (κ3) is 5.57. The smallest absolute Gasteiger partial charge is 0.323 e. The molecule has 7 nitrogen and oxygen atoms in total. The zero-order valence-corrected chi connectivity index (χ0v) is 19.8. The van der Waals surface area contributed by atoms with E-state index in [1.165, 1.54) is 13.8 Å². The summed E-state index contributed by atoms with van der Waals surface area (Å²) in [5, 5.41) is 22.0. The molecule has 0 aromatic heterocycles. The van der Waals surface area contributed by atoms with Gasteiger partial charge in [-0.05, 0) is 19.8 Å². The van der Waals surface area contributed by atoms with Gasteiger partial charge in [0.15, 0.2) is 0 Å². The molecule has 0 aliphatic rings. The fourth-order valence-corrected chi connectivity index (χ4v) is 3.53. The molecule has 0 aliphatic carbocycles. The average Bonchev–Trinajstić information content (AvgIpc) is 2.58. The number of hydrogen-bond donors (Lipinski definition) is 2. The van der Waals surface area contributed by atoms with Gasteiger partial charge in [0.05, 0.1) is 29.5 Å². The molecule has 0 saturated carbocycles. The monoisotopic (exact) mass is 416 g/mol. The van der Waals surface area contributed by atoms with E-state index in [9.17, 15) is 24.6 Å². The Hall–Kier alpha value is -1.47. The molecule has 7 heteroatoms. The standard InChI is InChI=1S/C22H40O7/c1-12(2)16(24)20(8,9)19(27)21(10,11)22(15(7)23,28-17(25)13(3)4)29-18(26)14(5)6/h12-14,16,19,24,27H,1-11H3. The molecule has 170 valence electrons. The van der Waals surface area contributed by atoms with E-state index < -0.39 is 58.4 Å². The van der Waals surface area contributed by atoms with E-state index in [0.717, 1.165) is 6.92 Å². The lowest BCUT2D eigenvalue weighted by Gasteiger charge is -2.51. The summed E-state index contributed by atoms with van der Waals surface area (Å²) >= 11 is 0. The first-order valence-corrected chi connectivity index (χ1v) is 10.2. The summed E-state index contributed by atoms with van der Waals surface area (Å²) in [5.41, 5.74) is -2.67. The van der Waals surface area contributed by atoms with Crippen molar-refractivity contribution in [3.63, 3.8) is 0 Å². The SMILES string of the molecule is CC(=O)C(OC(=O)C(C)C)(OC(=O)C(C)C)C(C)(C)C(O)C(C)(C)C(O)C(C)C. The minimum atomic E-state index is -2.34. The minimum Gasteiger partial charge on any atom is -0.414 e. The van der Waals surface area contributed by atoms with E-state index in [1.807, 2.05) is 13.8 Å². The summed E-state index contributed by atoms with van der Waals surface area (Å²) in [5.74, 6) is -5.90. The maximum atomic E-state index is 12.8. The molecule has 0 spiro atoms. The lowest BCUT2D eigenvalue weighted by molar-refractivity contribution is -0.284. The van der Waals surface area contributed by atoms with Crippen molar-refractivity contribution in [3.05, 3.63) is 0 Å². The van der Waals surface area contributed by atoms with Crippen molar-refractivity contribution in [3.8, 4) is 0 Å². The molecule has 0 fully saturated rings. The van der Waals surface area contributed by atoms with Gasteiger partial charge in [0.2, 0.25) is 5.78 Å². The van der Waals surface area contributed by atoms with Gasteiger partial charge in [0, 0.05) is 12.3 Å². The normalized spacial score (nSPS) is 15.4. The van der Waals surface area contributed by atoms with Gasteiger partial charge in [-0.2, -0.15) is 0 Å². The molecule has 0 amide bonds. The first kappa shape index (κ1) is 27.5.